The molecule has 27 heavy (non-hydrogen) atoms. The molecule has 1 aliphatic rings. The van der Waals surface area contributed by atoms with Gasteiger partial charge in [-0.25, -0.2) is 4.98 Å². The van der Waals surface area contributed by atoms with E-state index in [1.807, 2.05) is 19.1 Å². The maximum Gasteiger partial charge on any atom is 0.257 e. The van der Waals surface area contributed by atoms with Crippen molar-refractivity contribution in [3.63, 3.8) is 0 Å². The van der Waals surface area contributed by atoms with Gasteiger partial charge < -0.3 is 9.47 Å². The van der Waals surface area contributed by atoms with Gasteiger partial charge >= 0.3 is 0 Å². The number of aryl methyl sites for hydroxylation is 1. The molecule has 1 atom stereocenters. The average molecular weight is 383 g/mol. The van der Waals surface area contributed by atoms with Crippen LogP contribution in [-0.4, -0.2) is 29.6 Å². The second kappa shape index (κ2) is 7.62. The van der Waals surface area contributed by atoms with E-state index in [1.54, 1.807) is 25.4 Å². The summed E-state index contributed by atoms with van der Waals surface area (Å²) in [7, 11) is 1.63. The van der Waals surface area contributed by atoms with Crippen LogP contribution in [0.3, 0.4) is 0 Å². The van der Waals surface area contributed by atoms with Crippen molar-refractivity contribution in [1.29, 1.82) is 0 Å². The second-order valence-electron chi connectivity index (χ2n) is 6.55. The van der Waals surface area contributed by atoms with Crippen LogP contribution in [0.25, 0.3) is 10.2 Å². The third-order valence-corrected chi connectivity index (χ3v) is 5.68. The number of carbonyl (C=O) groups is 1. The summed E-state index contributed by atoms with van der Waals surface area (Å²) in [5.74, 6) is 0.495. The fourth-order valence-corrected chi connectivity index (χ4v) is 4.35. The Morgan fingerprint density at radius 3 is 2.96 bits per heavy atom. The summed E-state index contributed by atoms with van der Waals surface area (Å²) in [4.78, 5) is 21.3. The minimum Gasteiger partial charge on any atom is -0.494 e. The van der Waals surface area contributed by atoms with Crippen molar-refractivity contribution >= 4 is 32.6 Å². The first kappa shape index (κ1) is 17.9. The molecule has 0 saturated carbocycles. The monoisotopic (exact) mass is 383 g/mol. The summed E-state index contributed by atoms with van der Waals surface area (Å²) in [6, 6.07) is 7.42. The van der Waals surface area contributed by atoms with Gasteiger partial charge in [0.1, 0.15) is 11.3 Å². The number of fused-ring (bicyclic) bond motifs is 1. The van der Waals surface area contributed by atoms with E-state index in [9.17, 15) is 4.79 Å². The smallest absolute Gasteiger partial charge is 0.257 e. The Bertz CT molecular complexity index is 980. The number of carbonyl (C=O) groups excluding carboxylic acids is 1. The van der Waals surface area contributed by atoms with Gasteiger partial charge in [-0.1, -0.05) is 17.4 Å². The van der Waals surface area contributed by atoms with Gasteiger partial charge in [0.15, 0.2) is 5.13 Å². The number of methoxy groups -OCH3 is 1. The second-order valence-corrected chi connectivity index (χ2v) is 7.55. The molecule has 1 fully saturated rings. The maximum absolute atomic E-state index is 12.6. The quantitative estimate of drug-likeness (QED) is 0.718. The van der Waals surface area contributed by atoms with Crippen LogP contribution >= 0.6 is 11.3 Å². The van der Waals surface area contributed by atoms with Crippen molar-refractivity contribution in [3.05, 3.63) is 47.3 Å². The van der Waals surface area contributed by atoms with Crippen LogP contribution in [0.2, 0.25) is 0 Å². The van der Waals surface area contributed by atoms with Crippen LogP contribution in [0.4, 0.5) is 5.13 Å². The zero-order valence-corrected chi connectivity index (χ0v) is 16.1. The van der Waals surface area contributed by atoms with E-state index in [-0.39, 0.29) is 12.0 Å². The lowest BCUT2D eigenvalue weighted by Crippen LogP contribution is -2.11. The first-order valence-corrected chi connectivity index (χ1v) is 9.80. The Hall–Kier alpha value is -2.51. The van der Waals surface area contributed by atoms with E-state index in [0.29, 0.717) is 16.4 Å². The number of pyridine rings is 1. The number of anilines is 1. The van der Waals surface area contributed by atoms with Crippen molar-refractivity contribution in [1.82, 2.24) is 9.97 Å². The molecule has 3 heterocycles. The summed E-state index contributed by atoms with van der Waals surface area (Å²) in [6.07, 6.45) is 4.95. The van der Waals surface area contributed by atoms with Gasteiger partial charge in [0.05, 0.1) is 17.9 Å². The molecule has 0 aliphatic carbocycles. The van der Waals surface area contributed by atoms with Gasteiger partial charge in [-0.2, -0.15) is 0 Å². The number of ether oxygens (including phenoxy) is 2. The maximum atomic E-state index is 12.6. The number of aromatic nitrogens is 2. The fourth-order valence-electron chi connectivity index (χ4n) is 3.32. The van der Waals surface area contributed by atoms with Gasteiger partial charge in [-0.15, -0.1) is 0 Å². The van der Waals surface area contributed by atoms with Crippen LogP contribution in [0.5, 0.6) is 5.75 Å². The lowest BCUT2D eigenvalue weighted by Gasteiger charge is -2.23. The Balaban J connectivity index is 1.68. The SMILES string of the molecule is COc1ccc(C2CCCCO2)c2sc(NC(=O)c3ccnc(C)c3)nc12. The van der Waals surface area contributed by atoms with Gasteiger partial charge in [-0.05, 0) is 44.4 Å². The molecular formula is C20H21N3O3S. The summed E-state index contributed by atoms with van der Waals surface area (Å²) in [5.41, 5.74) is 3.23. The Labute approximate surface area is 161 Å². The predicted molar refractivity (Wildman–Crippen MR) is 106 cm³/mol. The molecule has 2 aromatic heterocycles. The molecule has 6 nitrogen and oxygen atoms in total. The van der Waals surface area contributed by atoms with E-state index in [4.69, 9.17) is 9.47 Å². The highest BCUT2D eigenvalue weighted by atomic mass is 32.1. The lowest BCUT2D eigenvalue weighted by molar-refractivity contribution is 0.0159. The third kappa shape index (κ3) is 3.65. The number of hydrogen-bond acceptors (Lipinski definition) is 6. The molecule has 1 aromatic carbocycles. The minimum atomic E-state index is -0.200. The number of hydrogen-bond donors (Lipinski definition) is 1. The number of thiazole rings is 1. The molecule has 0 radical (unpaired) electrons. The Kier molecular flexibility index (Phi) is 5.05. The van der Waals surface area contributed by atoms with Crippen molar-refractivity contribution in [2.24, 2.45) is 0 Å². The molecule has 3 aromatic rings. The van der Waals surface area contributed by atoms with Crippen molar-refractivity contribution in [3.8, 4) is 5.75 Å². The first-order valence-electron chi connectivity index (χ1n) is 8.99. The van der Waals surface area contributed by atoms with Crippen LogP contribution in [0.1, 0.15) is 47.0 Å². The molecule has 1 saturated heterocycles. The number of nitrogens with zero attached hydrogens (tertiary/aromatic N) is 2. The highest BCUT2D eigenvalue weighted by Gasteiger charge is 2.22. The third-order valence-electron chi connectivity index (χ3n) is 4.66. The molecule has 1 N–H and O–H groups in total. The molecule has 0 spiro atoms. The topological polar surface area (TPSA) is 73.3 Å². The van der Waals surface area contributed by atoms with E-state index in [1.165, 1.54) is 11.3 Å². The van der Waals surface area contributed by atoms with Gasteiger partial charge in [-0.3, -0.25) is 15.1 Å². The summed E-state index contributed by atoms with van der Waals surface area (Å²) in [6.45, 7) is 2.64. The van der Waals surface area contributed by atoms with Crippen LogP contribution < -0.4 is 10.1 Å². The minimum absolute atomic E-state index is 0.0685. The highest BCUT2D eigenvalue weighted by Crippen LogP contribution is 2.40. The number of rotatable bonds is 4. The Morgan fingerprint density at radius 2 is 2.22 bits per heavy atom. The summed E-state index contributed by atoms with van der Waals surface area (Å²) >= 11 is 1.46. The first-order chi connectivity index (χ1) is 13.2. The van der Waals surface area contributed by atoms with Gasteiger partial charge in [0, 0.05) is 29.6 Å². The van der Waals surface area contributed by atoms with Gasteiger partial charge in [0.2, 0.25) is 0 Å². The zero-order valence-electron chi connectivity index (χ0n) is 15.3. The predicted octanol–water partition coefficient (Wildman–Crippen LogP) is 4.50. The van der Waals surface area contributed by atoms with E-state index < -0.39 is 0 Å². The molecule has 140 valence electrons. The number of amides is 1. The number of benzene rings is 1. The summed E-state index contributed by atoms with van der Waals surface area (Å²) < 4.78 is 12.4. The van der Waals surface area contributed by atoms with Crippen molar-refractivity contribution in [2.45, 2.75) is 32.3 Å². The lowest BCUT2D eigenvalue weighted by atomic mass is 10.0. The van der Waals surface area contributed by atoms with E-state index >= 15 is 0 Å². The van der Waals surface area contributed by atoms with E-state index in [0.717, 1.165) is 47.3 Å². The van der Waals surface area contributed by atoms with Crippen LogP contribution in [0, 0.1) is 6.92 Å². The average Bonchev–Trinajstić information content (AvgIpc) is 3.11. The zero-order chi connectivity index (χ0) is 18.8. The van der Waals surface area contributed by atoms with E-state index in [2.05, 4.69) is 15.3 Å². The largest absolute Gasteiger partial charge is 0.494 e. The standard InChI is InChI=1S/C20H21N3O3S/c1-12-11-13(8-9-21-12)19(24)23-20-22-17-16(25-2)7-6-14(18(17)27-20)15-5-3-4-10-26-15/h6-9,11,15H,3-5,10H2,1-2H3,(H,22,23,24). The van der Waals surface area contributed by atoms with Crippen LogP contribution in [0.15, 0.2) is 30.5 Å². The Morgan fingerprint density at radius 1 is 1.33 bits per heavy atom. The molecular weight excluding hydrogens is 362 g/mol. The van der Waals surface area contributed by atoms with Crippen LogP contribution in [-0.2, 0) is 4.74 Å². The molecule has 0 bridgehead atoms. The molecule has 7 heteroatoms. The number of nitrogens with one attached hydrogen (secondary N) is 1. The molecule has 1 amide bonds. The fraction of sp³-hybridized carbons (Fsp3) is 0.350. The molecule has 4 rings (SSSR count). The normalized spacial score (nSPS) is 17.0. The molecule has 1 aliphatic heterocycles. The molecule has 1 unspecified atom stereocenters. The van der Waals surface area contributed by atoms with Gasteiger partial charge in [0.25, 0.3) is 5.91 Å². The summed E-state index contributed by atoms with van der Waals surface area (Å²) in [5, 5.41) is 3.45. The van der Waals surface area contributed by atoms with Crippen molar-refractivity contribution in [2.75, 3.05) is 19.0 Å². The highest BCUT2D eigenvalue weighted by molar-refractivity contribution is 7.22. The van der Waals surface area contributed by atoms with Crippen molar-refractivity contribution < 1.29 is 14.3 Å².